The fourth-order valence-electron chi connectivity index (χ4n) is 2.37. The number of oxazole rings is 1. The van der Waals surface area contributed by atoms with Gasteiger partial charge in [-0.2, -0.15) is 0 Å². The first kappa shape index (κ1) is 12.8. The molecule has 5 heteroatoms. The molecule has 100 valence electrons. The second-order valence-electron chi connectivity index (χ2n) is 4.93. The number of benzene rings is 1. The monoisotopic (exact) mass is 327 g/mol. The summed E-state index contributed by atoms with van der Waals surface area (Å²) in [5, 5.41) is 0. The molecule has 19 heavy (non-hydrogen) atoms. The van der Waals surface area contributed by atoms with Crippen molar-refractivity contribution in [1.29, 1.82) is 0 Å². The highest BCUT2D eigenvalue weighted by molar-refractivity contribution is 9.10. The normalized spacial score (nSPS) is 18.3. The molecule has 0 radical (unpaired) electrons. The van der Waals surface area contributed by atoms with Crippen molar-refractivity contribution < 1.29 is 13.2 Å². The largest absolute Gasteiger partial charge is 0.439 e. The maximum atomic E-state index is 12.8. The molecule has 0 aliphatic heterocycles. The molecule has 2 aromatic rings. The van der Waals surface area contributed by atoms with Crippen molar-refractivity contribution in [1.82, 2.24) is 4.98 Å². The molecule has 0 saturated heterocycles. The first-order chi connectivity index (χ1) is 9.03. The van der Waals surface area contributed by atoms with E-state index in [1.807, 2.05) is 30.3 Å². The summed E-state index contributed by atoms with van der Waals surface area (Å²) in [5.74, 6) is -1.34. The van der Waals surface area contributed by atoms with Crippen LogP contribution < -0.4 is 0 Å². The molecular weight excluding hydrogens is 316 g/mol. The Labute approximate surface area is 118 Å². The van der Waals surface area contributed by atoms with Gasteiger partial charge >= 0.3 is 0 Å². The lowest BCUT2D eigenvalue weighted by Crippen LogP contribution is -2.36. The Morgan fingerprint density at radius 1 is 1.26 bits per heavy atom. The maximum Gasteiger partial charge on any atom is 0.248 e. The second-order valence-corrected chi connectivity index (χ2v) is 5.68. The van der Waals surface area contributed by atoms with Crippen molar-refractivity contribution >= 4 is 15.9 Å². The molecule has 1 saturated carbocycles. The summed E-state index contributed by atoms with van der Waals surface area (Å²) in [6.45, 7) is 0. The highest BCUT2D eigenvalue weighted by Gasteiger charge is 2.45. The Bertz CT molecular complexity index is 574. The molecule has 0 amide bonds. The number of alkyl halides is 2. The first-order valence-electron chi connectivity index (χ1n) is 6.12. The van der Waals surface area contributed by atoms with Crippen molar-refractivity contribution in [2.45, 2.75) is 25.2 Å². The quantitative estimate of drug-likeness (QED) is 0.817. The maximum absolute atomic E-state index is 12.8. The standard InChI is InChI=1S/C14H12BrF2NO/c15-13-12(10-4-2-1-3-5-10)19-11(18-13)6-9-7-14(16,17)8-9/h1-5,9H,6-8H2. The van der Waals surface area contributed by atoms with Crippen molar-refractivity contribution in [2.24, 2.45) is 5.92 Å². The van der Waals surface area contributed by atoms with Crippen LogP contribution in [0.2, 0.25) is 0 Å². The van der Waals surface area contributed by atoms with Gasteiger partial charge in [-0.15, -0.1) is 0 Å². The lowest BCUT2D eigenvalue weighted by molar-refractivity contribution is -0.110. The highest BCUT2D eigenvalue weighted by atomic mass is 79.9. The second kappa shape index (κ2) is 4.71. The van der Waals surface area contributed by atoms with Gasteiger partial charge in [-0.25, -0.2) is 13.8 Å². The summed E-state index contributed by atoms with van der Waals surface area (Å²) in [5.41, 5.74) is 0.923. The minimum Gasteiger partial charge on any atom is -0.439 e. The summed E-state index contributed by atoms with van der Waals surface area (Å²) in [6.07, 6.45) is 0.350. The zero-order valence-electron chi connectivity index (χ0n) is 10.1. The number of aromatic nitrogens is 1. The third-order valence-electron chi connectivity index (χ3n) is 3.30. The van der Waals surface area contributed by atoms with E-state index in [0.29, 0.717) is 22.7 Å². The van der Waals surface area contributed by atoms with E-state index in [9.17, 15) is 8.78 Å². The van der Waals surface area contributed by atoms with E-state index < -0.39 is 5.92 Å². The molecule has 0 bridgehead atoms. The van der Waals surface area contributed by atoms with E-state index in [0.717, 1.165) is 5.56 Å². The lowest BCUT2D eigenvalue weighted by atomic mass is 9.79. The fraction of sp³-hybridized carbons (Fsp3) is 0.357. The van der Waals surface area contributed by atoms with Crippen LogP contribution in [-0.2, 0) is 6.42 Å². The predicted molar refractivity (Wildman–Crippen MR) is 71.0 cm³/mol. The van der Waals surface area contributed by atoms with Crippen LogP contribution in [-0.4, -0.2) is 10.9 Å². The van der Waals surface area contributed by atoms with Crippen LogP contribution in [0, 0.1) is 5.92 Å². The molecule has 1 aliphatic carbocycles. The fourth-order valence-corrected chi connectivity index (χ4v) is 2.88. The van der Waals surface area contributed by atoms with Gasteiger partial charge in [0, 0.05) is 24.8 Å². The predicted octanol–water partition coefficient (Wildman–Crippen LogP) is 4.69. The zero-order chi connectivity index (χ0) is 13.5. The van der Waals surface area contributed by atoms with Gasteiger partial charge in [0.05, 0.1) is 0 Å². The SMILES string of the molecule is FC1(F)CC(Cc2nc(Br)c(-c3ccccc3)o2)C1. The highest BCUT2D eigenvalue weighted by Crippen LogP contribution is 2.44. The van der Waals surface area contributed by atoms with Gasteiger partial charge in [-0.1, -0.05) is 30.3 Å². The average molecular weight is 328 g/mol. The van der Waals surface area contributed by atoms with Gasteiger partial charge < -0.3 is 4.42 Å². The van der Waals surface area contributed by atoms with Crippen molar-refractivity contribution in [3.63, 3.8) is 0 Å². The van der Waals surface area contributed by atoms with Crippen LogP contribution >= 0.6 is 15.9 Å². The van der Waals surface area contributed by atoms with Crippen LogP contribution in [0.15, 0.2) is 39.4 Å². The molecule has 0 atom stereocenters. The minimum absolute atomic E-state index is 0.0239. The van der Waals surface area contributed by atoms with Gasteiger partial charge in [0.2, 0.25) is 5.92 Å². The van der Waals surface area contributed by atoms with Gasteiger partial charge in [0.1, 0.15) is 0 Å². The molecule has 0 spiro atoms. The van der Waals surface area contributed by atoms with Gasteiger partial charge in [-0.3, -0.25) is 0 Å². The third-order valence-corrected chi connectivity index (χ3v) is 3.84. The van der Waals surface area contributed by atoms with Crippen LogP contribution in [0.3, 0.4) is 0 Å². The van der Waals surface area contributed by atoms with Crippen LogP contribution in [0.4, 0.5) is 8.78 Å². The average Bonchev–Trinajstić information content (AvgIpc) is 2.69. The molecular formula is C14H12BrF2NO. The van der Waals surface area contributed by atoms with Crippen LogP contribution in [0.1, 0.15) is 18.7 Å². The van der Waals surface area contributed by atoms with E-state index >= 15 is 0 Å². The molecule has 1 aromatic carbocycles. The Kier molecular flexibility index (Phi) is 3.17. The molecule has 3 rings (SSSR count). The Morgan fingerprint density at radius 3 is 2.58 bits per heavy atom. The Balaban J connectivity index is 1.75. The van der Waals surface area contributed by atoms with Gasteiger partial charge in [0.25, 0.3) is 0 Å². The summed E-state index contributed by atoms with van der Waals surface area (Å²) in [6, 6.07) is 9.59. The van der Waals surface area contributed by atoms with Crippen molar-refractivity contribution in [3.8, 4) is 11.3 Å². The summed E-state index contributed by atoms with van der Waals surface area (Å²) in [4.78, 5) is 4.26. The topological polar surface area (TPSA) is 26.0 Å². The van der Waals surface area contributed by atoms with E-state index in [2.05, 4.69) is 20.9 Å². The smallest absolute Gasteiger partial charge is 0.248 e. The molecule has 1 aliphatic rings. The summed E-state index contributed by atoms with van der Waals surface area (Å²) in [7, 11) is 0. The minimum atomic E-state index is -2.49. The third kappa shape index (κ3) is 2.71. The first-order valence-corrected chi connectivity index (χ1v) is 6.91. The summed E-state index contributed by atoms with van der Waals surface area (Å²) >= 11 is 3.35. The molecule has 1 heterocycles. The van der Waals surface area contributed by atoms with Crippen LogP contribution in [0.25, 0.3) is 11.3 Å². The Hall–Kier alpha value is -1.23. The van der Waals surface area contributed by atoms with Crippen molar-refractivity contribution in [3.05, 3.63) is 40.8 Å². The summed E-state index contributed by atoms with van der Waals surface area (Å²) < 4.78 is 31.9. The van der Waals surface area contributed by atoms with Crippen LogP contribution in [0.5, 0.6) is 0 Å². The number of hydrogen-bond acceptors (Lipinski definition) is 2. The Morgan fingerprint density at radius 2 is 1.95 bits per heavy atom. The molecule has 2 nitrogen and oxygen atoms in total. The molecule has 0 N–H and O–H groups in total. The number of hydrogen-bond donors (Lipinski definition) is 0. The van der Waals surface area contributed by atoms with E-state index in [4.69, 9.17) is 4.42 Å². The van der Waals surface area contributed by atoms with Crippen molar-refractivity contribution in [2.75, 3.05) is 0 Å². The molecule has 1 aromatic heterocycles. The molecule has 1 fully saturated rings. The zero-order valence-corrected chi connectivity index (χ0v) is 11.7. The van der Waals surface area contributed by atoms with E-state index in [1.165, 1.54) is 0 Å². The van der Waals surface area contributed by atoms with E-state index in [1.54, 1.807) is 0 Å². The number of halogens is 3. The number of nitrogens with zero attached hydrogens (tertiary/aromatic N) is 1. The molecule has 0 unspecified atom stereocenters. The lowest BCUT2D eigenvalue weighted by Gasteiger charge is -2.34. The van der Waals surface area contributed by atoms with E-state index in [-0.39, 0.29) is 18.8 Å². The van der Waals surface area contributed by atoms with Gasteiger partial charge in [0.15, 0.2) is 16.3 Å². The van der Waals surface area contributed by atoms with Gasteiger partial charge in [-0.05, 0) is 21.8 Å². The number of rotatable bonds is 3.